The Kier molecular flexibility index (Phi) is 2.30. The van der Waals surface area contributed by atoms with Crippen molar-refractivity contribution in [3.8, 4) is 5.75 Å². The molecule has 11 heavy (non-hydrogen) atoms. The first-order valence-corrected chi connectivity index (χ1v) is 3.17. The molecule has 60 valence electrons. The topological polar surface area (TPSA) is 78.5 Å². The van der Waals surface area contributed by atoms with Crippen LogP contribution < -0.4 is 11.3 Å². The van der Waals surface area contributed by atoms with Crippen LogP contribution in [0.2, 0.25) is 0 Å². The van der Waals surface area contributed by atoms with Gasteiger partial charge in [0, 0.05) is 11.3 Å². The zero-order valence-corrected chi connectivity index (χ0v) is 5.91. The highest BCUT2D eigenvalue weighted by Crippen LogP contribution is 2.20. The number of hydrogen-bond acceptors (Lipinski definition) is 4. The summed E-state index contributed by atoms with van der Waals surface area (Å²) in [6.45, 7) is -0.193. The minimum absolute atomic E-state index is 0.0755. The van der Waals surface area contributed by atoms with E-state index in [9.17, 15) is 0 Å². The predicted octanol–water partition coefficient (Wildman–Crippen LogP) is 0.170. The number of nitrogen functional groups attached to an aromatic ring is 1. The second-order valence-electron chi connectivity index (χ2n) is 2.15. The van der Waals surface area contributed by atoms with Crippen LogP contribution in [-0.4, -0.2) is 10.2 Å². The quantitative estimate of drug-likeness (QED) is 0.278. The lowest BCUT2D eigenvalue weighted by molar-refractivity contribution is 0.275. The van der Waals surface area contributed by atoms with Crippen molar-refractivity contribution in [2.45, 2.75) is 6.61 Å². The normalized spacial score (nSPS) is 9.64. The maximum Gasteiger partial charge on any atom is 0.121 e. The lowest BCUT2D eigenvalue weighted by Gasteiger charge is -2.03. The molecule has 0 unspecified atom stereocenters. The number of aliphatic hydroxyl groups excluding tert-OH is 1. The molecule has 0 amide bonds. The molecular formula is C7H10N2O2. The van der Waals surface area contributed by atoms with E-state index in [0.29, 0.717) is 11.3 Å². The summed E-state index contributed by atoms with van der Waals surface area (Å²) in [5.41, 5.74) is 3.52. The Balaban J connectivity index is 3.02. The summed E-state index contributed by atoms with van der Waals surface area (Å²) in [5.74, 6) is 5.19. The molecule has 0 heterocycles. The maximum atomic E-state index is 9.10. The average molecular weight is 154 g/mol. The summed E-state index contributed by atoms with van der Waals surface area (Å²) in [6, 6.07) is 4.67. The van der Waals surface area contributed by atoms with Gasteiger partial charge < -0.3 is 15.6 Å². The smallest absolute Gasteiger partial charge is 0.121 e. The van der Waals surface area contributed by atoms with Crippen molar-refractivity contribution in [1.82, 2.24) is 0 Å². The van der Waals surface area contributed by atoms with Gasteiger partial charge in [-0.3, -0.25) is 5.84 Å². The molecule has 0 saturated heterocycles. The molecule has 0 aliphatic rings. The van der Waals surface area contributed by atoms with Crippen LogP contribution in [-0.2, 0) is 6.61 Å². The Labute approximate surface area is 64.2 Å². The third kappa shape index (κ3) is 1.60. The van der Waals surface area contributed by atoms with Crippen LogP contribution in [0, 0.1) is 0 Å². The lowest BCUT2D eigenvalue weighted by Crippen LogP contribution is -2.06. The largest absolute Gasteiger partial charge is 0.508 e. The number of benzene rings is 1. The van der Waals surface area contributed by atoms with Crippen molar-refractivity contribution in [1.29, 1.82) is 0 Å². The average Bonchev–Trinajstić information content (AvgIpc) is 2.05. The van der Waals surface area contributed by atoms with Crippen LogP contribution in [0.1, 0.15) is 5.56 Å². The van der Waals surface area contributed by atoms with E-state index in [2.05, 4.69) is 5.43 Å². The van der Waals surface area contributed by atoms with Gasteiger partial charge >= 0.3 is 0 Å². The number of hydrazine groups is 1. The molecular weight excluding hydrogens is 144 g/mol. The van der Waals surface area contributed by atoms with E-state index < -0.39 is 0 Å². The fraction of sp³-hybridized carbons (Fsp3) is 0.143. The van der Waals surface area contributed by atoms with E-state index in [1.54, 1.807) is 12.1 Å². The molecule has 4 heteroatoms. The van der Waals surface area contributed by atoms with Crippen LogP contribution >= 0.6 is 0 Å². The van der Waals surface area contributed by atoms with Gasteiger partial charge in [0.2, 0.25) is 0 Å². The Hall–Kier alpha value is -1.26. The van der Waals surface area contributed by atoms with Crippen LogP contribution in [0.15, 0.2) is 18.2 Å². The molecule has 1 rings (SSSR count). The van der Waals surface area contributed by atoms with E-state index in [1.165, 1.54) is 6.07 Å². The molecule has 4 nitrogen and oxygen atoms in total. The monoisotopic (exact) mass is 154 g/mol. The number of phenols is 1. The standard InChI is InChI=1S/C7H10N2O2/c8-9-6-1-2-7(11)5(3-6)4-10/h1-3,9-11H,4,8H2. The molecule has 0 aromatic heterocycles. The fourth-order valence-corrected chi connectivity index (χ4v) is 0.802. The van der Waals surface area contributed by atoms with E-state index in [-0.39, 0.29) is 12.4 Å². The van der Waals surface area contributed by atoms with Gasteiger partial charge in [-0.25, -0.2) is 0 Å². The Bertz CT molecular complexity index is 250. The van der Waals surface area contributed by atoms with Crippen molar-refractivity contribution >= 4 is 5.69 Å². The van der Waals surface area contributed by atoms with E-state index in [4.69, 9.17) is 16.1 Å². The zero-order chi connectivity index (χ0) is 8.27. The summed E-state index contributed by atoms with van der Waals surface area (Å²) in [6.07, 6.45) is 0. The van der Waals surface area contributed by atoms with Crippen molar-refractivity contribution in [2.24, 2.45) is 5.84 Å². The second kappa shape index (κ2) is 3.23. The number of aromatic hydroxyl groups is 1. The third-order valence-electron chi connectivity index (χ3n) is 1.42. The Morgan fingerprint density at radius 3 is 2.73 bits per heavy atom. The van der Waals surface area contributed by atoms with Gasteiger partial charge in [0.1, 0.15) is 5.75 Å². The van der Waals surface area contributed by atoms with Crippen LogP contribution in [0.5, 0.6) is 5.75 Å². The summed E-state index contributed by atoms with van der Waals surface area (Å²) >= 11 is 0. The van der Waals surface area contributed by atoms with Gasteiger partial charge in [-0.1, -0.05) is 0 Å². The molecule has 0 atom stereocenters. The summed E-state index contributed by atoms with van der Waals surface area (Å²) in [7, 11) is 0. The van der Waals surface area contributed by atoms with Crippen LogP contribution in [0.25, 0.3) is 0 Å². The fourth-order valence-electron chi connectivity index (χ4n) is 0.802. The maximum absolute atomic E-state index is 9.10. The zero-order valence-electron chi connectivity index (χ0n) is 5.91. The molecule has 0 aliphatic heterocycles. The number of hydrogen-bond donors (Lipinski definition) is 4. The Morgan fingerprint density at radius 1 is 1.45 bits per heavy atom. The molecule has 5 N–H and O–H groups in total. The number of anilines is 1. The van der Waals surface area contributed by atoms with Crippen molar-refractivity contribution in [3.63, 3.8) is 0 Å². The molecule has 1 aromatic rings. The van der Waals surface area contributed by atoms with Crippen molar-refractivity contribution < 1.29 is 10.2 Å². The van der Waals surface area contributed by atoms with Gasteiger partial charge in [-0.2, -0.15) is 0 Å². The first-order valence-electron chi connectivity index (χ1n) is 3.17. The van der Waals surface area contributed by atoms with Gasteiger partial charge in [-0.05, 0) is 18.2 Å². The lowest BCUT2D eigenvalue weighted by atomic mass is 10.2. The summed E-state index contributed by atoms with van der Waals surface area (Å²) < 4.78 is 0. The highest BCUT2D eigenvalue weighted by molar-refractivity contribution is 5.49. The number of nitrogens with two attached hydrogens (primary N) is 1. The molecule has 1 aromatic carbocycles. The van der Waals surface area contributed by atoms with Gasteiger partial charge in [0.05, 0.1) is 6.61 Å². The minimum atomic E-state index is -0.193. The minimum Gasteiger partial charge on any atom is -0.508 e. The first kappa shape index (κ1) is 7.84. The van der Waals surface area contributed by atoms with E-state index >= 15 is 0 Å². The molecule has 0 spiro atoms. The summed E-state index contributed by atoms with van der Waals surface area (Å²) in [4.78, 5) is 0. The van der Waals surface area contributed by atoms with Crippen molar-refractivity contribution in [3.05, 3.63) is 23.8 Å². The van der Waals surface area contributed by atoms with E-state index in [1.807, 2.05) is 0 Å². The van der Waals surface area contributed by atoms with Gasteiger partial charge in [0.25, 0.3) is 0 Å². The number of rotatable bonds is 2. The Morgan fingerprint density at radius 2 is 2.18 bits per heavy atom. The van der Waals surface area contributed by atoms with Crippen LogP contribution in [0.3, 0.4) is 0 Å². The molecule has 0 aliphatic carbocycles. The predicted molar refractivity (Wildman–Crippen MR) is 41.8 cm³/mol. The first-order chi connectivity index (χ1) is 5.27. The van der Waals surface area contributed by atoms with Gasteiger partial charge in [0.15, 0.2) is 0 Å². The van der Waals surface area contributed by atoms with Crippen molar-refractivity contribution in [2.75, 3.05) is 5.43 Å². The number of aliphatic hydroxyl groups is 1. The molecule has 0 fully saturated rings. The third-order valence-corrected chi connectivity index (χ3v) is 1.42. The van der Waals surface area contributed by atoms with Gasteiger partial charge in [-0.15, -0.1) is 0 Å². The SMILES string of the molecule is NNc1ccc(O)c(CO)c1. The second-order valence-corrected chi connectivity index (χ2v) is 2.15. The highest BCUT2D eigenvalue weighted by atomic mass is 16.3. The molecule has 0 bridgehead atoms. The summed E-state index contributed by atoms with van der Waals surface area (Å²) in [5, 5.41) is 17.8. The molecule has 0 radical (unpaired) electrons. The molecule has 0 saturated carbocycles. The number of nitrogens with one attached hydrogen (secondary N) is 1. The highest BCUT2D eigenvalue weighted by Gasteiger charge is 1.99. The van der Waals surface area contributed by atoms with Crippen LogP contribution in [0.4, 0.5) is 5.69 Å². The van der Waals surface area contributed by atoms with E-state index in [0.717, 1.165) is 0 Å².